The summed E-state index contributed by atoms with van der Waals surface area (Å²) < 4.78 is 21.9. The number of hydrogen-bond donors (Lipinski definition) is 5. The normalized spacial score (nSPS) is 26.0. The van der Waals surface area contributed by atoms with Crippen LogP contribution in [0, 0.1) is 0 Å². The number of aliphatic hydroxyl groups excluding tert-OH is 3. The van der Waals surface area contributed by atoms with Crippen LogP contribution in [-0.2, 0) is 38.1 Å². The number of hydrogen-bond acceptors (Lipinski definition) is 11. The van der Waals surface area contributed by atoms with E-state index in [4.69, 9.17) is 14.2 Å². The Morgan fingerprint density at radius 2 is 1.69 bits per heavy atom. The predicted octanol–water partition coefficient (Wildman–Crippen LogP) is -0.403. The van der Waals surface area contributed by atoms with Gasteiger partial charge in [0, 0.05) is 36.6 Å². The van der Waals surface area contributed by atoms with E-state index >= 15 is 0 Å². The average molecular weight is 559 g/mol. The fourth-order valence-corrected chi connectivity index (χ4v) is 4.22. The number of carbonyl (C=O) groups is 4. The van der Waals surface area contributed by atoms with Crippen LogP contribution < -0.4 is 10.6 Å². The molecule has 0 aromatic heterocycles. The van der Waals surface area contributed by atoms with E-state index in [1.807, 2.05) is 27.7 Å². The lowest BCUT2D eigenvalue weighted by Gasteiger charge is -2.42. The van der Waals surface area contributed by atoms with Gasteiger partial charge in [-0.2, -0.15) is 0 Å². The van der Waals surface area contributed by atoms with E-state index in [9.17, 15) is 34.5 Å². The summed E-state index contributed by atoms with van der Waals surface area (Å²) in [5.74, 6) is -2.08. The van der Waals surface area contributed by atoms with E-state index < -0.39 is 66.2 Å². The summed E-state index contributed by atoms with van der Waals surface area (Å²) in [6.07, 6.45) is -3.87. The minimum atomic E-state index is -1.39. The maximum atomic E-state index is 12.4. The Bertz CT molecular complexity index is 946. The predicted molar refractivity (Wildman–Crippen MR) is 136 cm³/mol. The van der Waals surface area contributed by atoms with E-state index in [-0.39, 0.29) is 36.5 Å². The highest BCUT2D eigenvalue weighted by atomic mass is 16.7. The van der Waals surface area contributed by atoms with Crippen molar-refractivity contribution in [2.75, 3.05) is 19.8 Å². The van der Waals surface area contributed by atoms with E-state index in [1.54, 1.807) is 0 Å². The third-order valence-corrected chi connectivity index (χ3v) is 6.73. The Kier molecular flexibility index (Phi) is 11.6. The van der Waals surface area contributed by atoms with Gasteiger partial charge in [-0.3, -0.25) is 9.59 Å². The first-order valence-corrected chi connectivity index (χ1v) is 13.0. The van der Waals surface area contributed by atoms with E-state index in [0.717, 1.165) is 0 Å². The second kappa shape index (κ2) is 13.8. The van der Waals surface area contributed by atoms with E-state index in [0.29, 0.717) is 19.4 Å². The number of carbonyl (C=O) groups excluding carboxylic acids is 4. The smallest absolute Gasteiger partial charge is 0.342 e. The highest BCUT2D eigenvalue weighted by Gasteiger charge is 2.45. The summed E-state index contributed by atoms with van der Waals surface area (Å²) in [4.78, 5) is 47.1. The van der Waals surface area contributed by atoms with Gasteiger partial charge in [0.15, 0.2) is 6.29 Å². The Hall–Kier alpha value is -2.42. The van der Waals surface area contributed by atoms with Crippen LogP contribution in [0.4, 0.5) is 0 Å². The molecular weight excluding hydrogens is 516 g/mol. The molecule has 0 aromatic rings. The first-order valence-electron chi connectivity index (χ1n) is 13.0. The Morgan fingerprint density at radius 1 is 1.03 bits per heavy atom. The summed E-state index contributed by atoms with van der Waals surface area (Å²) in [5.41, 5.74) is -0.780. The molecule has 5 unspecified atom stereocenters. The zero-order valence-corrected chi connectivity index (χ0v) is 23.4. The molecular formula is C26H42N2O11. The Balaban J connectivity index is 1.78. The number of amides is 2. The van der Waals surface area contributed by atoms with Crippen LogP contribution in [0.1, 0.15) is 67.2 Å². The number of ether oxygens (including phenoxy) is 4. The van der Waals surface area contributed by atoms with Gasteiger partial charge in [-0.25, -0.2) is 9.59 Å². The van der Waals surface area contributed by atoms with Crippen molar-refractivity contribution in [2.45, 2.75) is 109 Å². The molecule has 0 radical (unpaired) electrons. The first-order chi connectivity index (χ1) is 18.1. The van der Waals surface area contributed by atoms with Crippen molar-refractivity contribution in [1.82, 2.24) is 10.6 Å². The third kappa shape index (κ3) is 9.62. The molecule has 39 heavy (non-hydrogen) atoms. The van der Waals surface area contributed by atoms with Crippen LogP contribution in [0.5, 0.6) is 0 Å². The van der Waals surface area contributed by atoms with Gasteiger partial charge in [0.25, 0.3) is 0 Å². The van der Waals surface area contributed by atoms with Crippen molar-refractivity contribution in [3.05, 3.63) is 11.1 Å². The van der Waals surface area contributed by atoms with Crippen molar-refractivity contribution >= 4 is 23.8 Å². The van der Waals surface area contributed by atoms with Crippen molar-refractivity contribution in [3.8, 4) is 0 Å². The quantitative estimate of drug-likeness (QED) is 0.138. The van der Waals surface area contributed by atoms with Gasteiger partial charge in [0.1, 0.15) is 24.4 Å². The van der Waals surface area contributed by atoms with Crippen LogP contribution in [-0.4, -0.2) is 101 Å². The van der Waals surface area contributed by atoms with Gasteiger partial charge in [0.05, 0.1) is 18.8 Å². The third-order valence-electron chi connectivity index (χ3n) is 6.73. The van der Waals surface area contributed by atoms with Gasteiger partial charge in [-0.05, 0) is 53.9 Å². The molecule has 0 bridgehead atoms. The van der Waals surface area contributed by atoms with Crippen molar-refractivity contribution in [1.29, 1.82) is 0 Å². The summed E-state index contributed by atoms with van der Waals surface area (Å²) in [7, 11) is 0. The lowest BCUT2D eigenvalue weighted by atomic mass is 9.97. The molecule has 2 aliphatic rings. The molecule has 5 atom stereocenters. The lowest BCUT2D eigenvalue weighted by Crippen LogP contribution is -2.64. The largest absolute Gasteiger partial charge is 0.394 e. The van der Waals surface area contributed by atoms with E-state index in [2.05, 4.69) is 15.4 Å². The monoisotopic (exact) mass is 558 g/mol. The van der Waals surface area contributed by atoms with Crippen LogP contribution >= 0.6 is 0 Å². The van der Waals surface area contributed by atoms with Crippen LogP contribution in [0.15, 0.2) is 11.1 Å². The molecule has 2 amide bonds. The molecule has 2 heterocycles. The van der Waals surface area contributed by atoms with Gasteiger partial charge in [-0.15, -0.1) is 0 Å². The highest BCUT2D eigenvalue weighted by Crippen LogP contribution is 2.25. The maximum absolute atomic E-state index is 12.4. The van der Waals surface area contributed by atoms with Crippen LogP contribution in [0.3, 0.4) is 0 Å². The zero-order chi connectivity index (χ0) is 29.5. The van der Waals surface area contributed by atoms with E-state index in [1.165, 1.54) is 13.8 Å². The van der Waals surface area contributed by atoms with Crippen molar-refractivity contribution in [2.24, 2.45) is 0 Å². The second-order valence-corrected chi connectivity index (χ2v) is 11.1. The molecule has 0 spiro atoms. The Morgan fingerprint density at radius 3 is 2.26 bits per heavy atom. The van der Waals surface area contributed by atoms with Crippen LogP contribution in [0.25, 0.3) is 0 Å². The van der Waals surface area contributed by atoms with Gasteiger partial charge in [-0.1, -0.05) is 0 Å². The molecule has 1 saturated heterocycles. The van der Waals surface area contributed by atoms with Gasteiger partial charge in [0.2, 0.25) is 11.8 Å². The Labute approximate surface area is 228 Å². The van der Waals surface area contributed by atoms with Crippen LogP contribution in [0.2, 0.25) is 0 Å². The number of esters is 2. The molecule has 2 rings (SSSR count). The summed E-state index contributed by atoms with van der Waals surface area (Å²) in [6.45, 7) is 10.1. The molecule has 2 aliphatic heterocycles. The first kappa shape index (κ1) is 32.8. The second-order valence-electron chi connectivity index (χ2n) is 11.1. The van der Waals surface area contributed by atoms with Gasteiger partial charge < -0.3 is 44.9 Å². The summed E-state index contributed by atoms with van der Waals surface area (Å²) >= 11 is 0. The maximum Gasteiger partial charge on any atom is 0.342 e. The molecule has 5 N–H and O–H groups in total. The minimum absolute atomic E-state index is 0.0355. The SMILES string of the molecule is CC(=O)NC1C(OCCC(C)(C)OCCC(C)(C)NC(=O)CCC2=C(C)C(=O)OC2=O)OC(CO)C(O)C1O. The topological polar surface area (TPSA) is 190 Å². The number of cyclic esters (lactones) is 2. The number of aliphatic hydroxyl groups is 3. The highest BCUT2D eigenvalue weighted by molar-refractivity contribution is 6.12. The fraction of sp³-hybridized carbons (Fsp3) is 0.769. The van der Waals surface area contributed by atoms with Crippen molar-refractivity contribution in [3.63, 3.8) is 0 Å². The molecule has 0 saturated carbocycles. The number of rotatable bonds is 14. The molecule has 222 valence electrons. The minimum Gasteiger partial charge on any atom is -0.394 e. The molecule has 1 fully saturated rings. The molecule has 0 aromatic carbocycles. The zero-order valence-electron chi connectivity index (χ0n) is 23.4. The molecule has 13 nitrogen and oxygen atoms in total. The van der Waals surface area contributed by atoms with Crippen molar-refractivity contribution < 1.29 is 53.4 Å². The average Bonchev–Trinajstić information content (AvgIpc) is 3.06. The summed E-state index contributed by atoms with van der Waals surface area (Å²) in [6, 6.07) is -1.02. The standard InChI is InChI=1S/C26H42N2O11/c1-14-16(23(35)39-22(14)34)7-8-18(31)28-25(3,4)9-12-37-26(5,6)10-11-36-24-19(27-15(2)30)21(33)20(32)17(13-29)38-24/h17,19-21,24,29,32-33H,7-13H2,1-6H3,(H,27,30)(H,28,31). The molecule has 0 aliphatic carbocycles. The summed E-state index contributed by atoms with van der Waals surface area (Å²) in [5, 5.41) is 35.3. The number of nitrogens with one attached hydrogen (secondary N) is 2. The lowest BCUT2D eigenvalue weighted by molar-refractivity contribution is -0.272. The van der Waals surface area contributed by atoms with Gasteiger partial charge >= 0.3 is 11.9 Å². The molecule has 13 heteroatoms. The fourth-order valence-electron chi connectivity index (χ4n) is 4.22.